The highest BCUT2D eigenvalue weighted by Gasteiger charge is 2.55. The van der Waals surface area contributed by atoms with Crippen molar-refractivity contribution in [3.63, 3.8) is 0 Å². The minimum absolute atomic E-state index is 0.0477. The number of hydrogen-bond donors (Lipinski definition) is 2. The molecule has 2 aliphatic rings. The third kappa shape index (κ3) is 3.32. The molecule has 0 radical (unpaired) electrons. The second-order valence-corrected chi connectivity index (χ2v) is 8.19. The van der Waals surface area contributed by atoms with Gasteiger partial charge in [0.05, 0.1) is 12.1 Å². The Labute approximate surface area is 147 Å². The molecule has 7 heteroatoms. The first-order valence-electron chi connectivity index (χ1n) is 8.75. The van der Waals surface area contributed by atoms with E-state index in [1.165, 1.54) is 16.2 Å². The van der Waals surface area contributed by atoms with Gasteiger partial charge in [-0.3, -0.25) is 14.7 Å². The Kier molecular flexibility index (Phi) is 5.20. The van der Waals surface area contributed by atoms with Crippen molar-refractivity contribution < 1.29 is 9.59 Å². The van der Waals surface area contributed by atoms with Crippen molar-refractivity contribution in [1.29, 1.82) is 0 Å². The molecule has 0 unspecified atom stereocenters. The zero-order valence-corrected chi connectivity index (χ0v) is 15.2. The van der Waals surface area contributed by atoms with Crippen LogP contribution >= 0.6 is 11.3 Å². The fourth-order valence-electron chi connectivity index (χ4n) is 3.75. The number of aromatic nitrogens is 1. The zero-order valence-electron chi connectivity index (χ0n) is 14.4. The van der Waals surface area contributed by atoms with Gasteiger partial charge in [-0.1, -0.05) is 13.8 Å². The maximum atomic E-state index is 13.3. The SMILES string of the molecule is CC(C)CC[C@]1(C2CCNCC2)NC(=O)N(Cc2cncs2)C1=O. The maximum absolute atomic E-state index is 13.3. The summed E-state index contributed by atoms with van der Waals surface area (Å²) < 4.78 is 0. The van der Waals surface area contributed by atoms with E-state index in [0.29, 0.717) is 12.5 Å². The smallest absolute Gasteiger partial charge is 0.323 e. The molecule has 1 aromatic rings. The predicted octanol–water partition coefficient (Wildman–Crippen LogP) is 2.37. The average Bonchev–Trinajstić information content (AvgIpc) is 3.17. The van der Waals surface area contributed by atoms with Crippen molar-refractivity contribution in [2.45, 2.75) is 51.6 Å². The molecule has 0 saturated carbocycles. The van der Waals surface area contributed by atoms with E-state index in [4.69, 9.17) is 0 Å². The normalized spacial score (nSPS) is 25.5. The summed E-state index contributed by atoms with van der Waals surface area (Å²) in [7, 11) is 0. The summed E-state index contributed by atoms with van der Waals surface area (Å²) >= 11 is 1.47. The molecular weight excluding hydrogens is 324 g/mol. The summed E-state index contributed by atoms with van der Waals surface area (Å²) in [6.07, 6.45) is 5.24. The lowest BCUT2D eigenvalue weighted by molar-refractivity contribution is -0.134. The van der Waals surface area contributed by atoms with Crippen LogP contribution in [0.3, 0.4) is 0 Å². The minimum Gasteiger partial charge on any atom is -0.323 e. The number of thiazole rings is 1. The molecule has 132 valence electrons. The Morgan fingerprint density at radius 3 is 2.75 bits per heavy atom. The number of imide groups is 1. The molecule has 24 heavy (non-hydrogen) atoms. The van der Waals surface area contributed by atoms with Crippen molar-refractivity contribution >= 4 is 23.3 Å². The van der Waals surface area contributed by atoms with Gasteiger partial charge in [0.1, 0.15) is 5.54 Å². The second-order valence-electron chi connectivity index (χ2n) is 7.22. The molecule has 3 amide bonds. The maximum Gasteiger partial charge on any atom is 0.325 e. The van der Waals surface area contributed by atoms with Crippen molar-refractivity contribution in [3.05, 3.63) is 16.6 Å². The standard InChI is InChI=1S/C17H26N4O2S/c1-12(2)3-6-17(13-4-7-18-8-5-13)15(22)21(16(23)20-17)10-14-9-19-11-24-14/h9,11-13,18H,3-8,10H2,1-2H3,(H,20,23)/t17-/m1/s1. The number of carbonyl (C=O) groups is 2. The fraction of sp³-hybridized carbons (Fsp3) is 0.706. The molecule has 3 rings (SSSR count). The number of rotatable bonds is 6. The molecule has 0 aromatic carbocycles. The van der Waals surface area contributed by atoms with Crippen LogP contribution in [-0.4, -0.2) is 40.5 Å². The molecule has 2 fully saturated rings. The lowest BCUT2D eigenvalue weighted by atomic mass is 9.74. The monoisotopic (exact) mass is 350 g/mol. The Morgan fingerprint density at radius 1 is 1.38 bits per heavy atom. The highest BCUT2D eigenvalue weighted by molar-refractivity contribution is 7.09. The van der Waals surface area contributed by atoms with E-state index in [0.717, 1.165) is 43.6 Å². The number of amides is 3. The van der Waals surface area contributed by atoms with Crippen LogP contribution in [0.15, 0.2) is 11.7 Å². The number of piperidine rings is 1. The molecule has 0 spiro atoms. The first-order valence-corrected chi connectivity index (χ1v) is 9.63. The highest BCUT2D eigenvalue weighted by Crippen LogP contribution is 2.37. The lowest BCUT2D eigenvalue weighted by Crippen LogP contribution is -2.55. The predicted molar refractivity (Wildman–Crippen MR) is 93.6 cm³/mol. The third-order valence-electron chi connectivity index (χ3n) is 5.15. The first-order chi connectivity index (χ1) is 11.5. The zero-order chi connectivity index (χ0) is 17.2. The van der Waals surface area contributed by atoms with E-state index in [9.17, 15) is 9.59 Å². The van der Waals surface area contributed by atoms with Gasteiger partial charge in [-0.2, -0.15) is 0 Å². The molecule has 0 aliphatic carbocycles. The molecule has 2 N–H and O–H groups in total. The van der Waals surface area contributed by atoms with Gasteiger partial charge < -0.3 is 10.6 Å². The van der Waals surface area contributed by atoms with Crippen LogP contribution in [0.5, 0.6) is 0 Å². The second kappa shape index (κ2) is 7.19. The molecule has 2 aliphatic heterocycles. The lowest BCUT2D eigenvalue weighted by Gasteiger charge is -2.38. The van der Waals surface area contributed by atoms with Gasteiger partial charge in [-0.15, -0.1) is 11.3 Å². The van der Waals surface area contributed by atoms with E-state index in [1.54, 1.807) is 11.7 Å². The third-order valence-corrected chi connectivity index (χ3v) is 5.92. The molecule has 1 atom stereocenters. The summed E-state index contributed by atoms with van der Waals surface area (Å²) in [4.78, 5) is 32.2. The summed E-state index contributed by atoms with van der Waals surface area (Å²) in [5, 5.41) is 6.45. The van der Waals surface area contributed by atoms with Gasteiger partial charge in [-0.05, 0) is 50.6 Å². The topological polar surface area (TPSA) is 74.3 Å². The van der Waals surface area contributed by atoms with Crippen LogP contribution in [0.25, 0.3) is 0 Å². The van der Waals surface area contributed by atoms with E-state index in [-0.39, 0.29) is 17.9 Å². The van der Waals surface area contributed by atoms with Gasteiger partial charge in [0.15, 0.2) is 0 Å². The summed E-state index contributed by atoms with van der Waals surface area (Å²) in [5.74, 6) is 0.665. The van der Waals surface area contributed by atoms with E-state index < -0.39 is 5.54 Å². The Hall–Kier alpha value is -1.47. The van der Waals surface area contributed by atoms with Crippen LogP contribution in [-0.2, 0) is 11.3 Å². The molecular formula is C17H26N4O2S. The minimum atomic E-state index is -0.728. The molecule has 3 heterocycles. The molecule has 0 bridgehead atoms. The Balaban J connectivity index is 1.84. The van der Waals surface area contributed by atoms with Gasteiger partial charge in [0.2, 0.25) is 0 Å². The number of nitrogens with zero attached hydrogens (tertiary/aromatic N) is 2. The van der Waals surface area contributed by atoms with E-state index >= 15 is 0 Å². The van der Waals surface area contributed by atoms with E-state index in [2.05, 4.69) is 29.5 Å². The number of nitrogens with one attached hydrogen (secondary N) is 2. The molecule has 2 saturated heterocycles. The van der Waals surface area contributed by atoms with E-state index in [1.807, 2.05) is 0 Å². The van der Waals surface area contributed by atoms with Crippen LogP contribution in [0.2, 0.25) is 0 Å². The van der Waals surface area contributed by atoms with Crippen LogP contribution in [0, 0.1) is 11.8 Å². The van der Waals surface area contributed by atoms with Crippen LogP contribution in [0.1, 0.15) is 44.4 Å². The summed E-state index contributed by atoms with van der Waals surface area (Å²) in [6.45, 7) is 6.46. The quantitative estimate of drug-likeness (QED) is 0.773. The summed E-state index contributed by atoms with van der Waals surface area (Å²) in [6, 6.07) is -0.254. The van der Waals surface area contributed by atoms with Gasteiger partial charge in [-0.25, -0.2) is 4.79 Å². The van der Waals surface area contributed by atoms with Gasteiger partial charge in [0, 0.05) is 11.1 Å². The van der Waals surface area contributed by atoms with Crippen LogP contribution in [0.4, 0.5) is 4.79 Å². The van der Waals surface area contributed by atoms with Crippen LogP contribution < -0.4 is 10.6 Å². The van der Waals surface area contributed by atoms with Crippen molar-refractivity contribution in [3.8, 4) is 0 Å². The highest BCUT2D eigenvalue weighted by atomic mass is 32.1. The Bertz CT molecular complexity index is 583. The van der Waals surface area contributed by atoms with Gasteiger partial charge in [0.25, 0.3) is 5.91 Å². The largest absolute Gasteiger partial charge is 0.325 e. The number of urea groups is 1. The van der Waals surface area contributed by atoms with Crippen molar-refractivity contribution in [1.82, 2.24) is 20.5 Å². The van der Waals surface area contributed by atoms with Crippen molar-refractivity contribution in [2.75, 3.05) is 13.1 Å². The Morgan fingerprint density at radius 2 is 2.12 bits per heavy atom. The molecule has 6 nitrogen and oxygen atoms in total. The van der Waals surface area contributed by atoms with Crippen molar-refractivity contribution in [2.24, 2.45) is 11.8 Å². The number of hydrogen-bond acceptors (Lipinski definition) is 5. The fourth-order valence-corrected chi connectivity index (χ4v) is 4.33. The summed E-state index contributed by atoms with van der Waals surface area (Å²) in [5.41, 5.74) is 1.00. The molecule has 1 aromatic heterocycles. The first kappa shape index (κ1) is 17.4. The van der Waals surface area contributed by atoms with Gasteiger partial charge >= 0.3 is 6.03 Å². The average molecular weight is 350 g/mol. The number of carbonyl (C=O) groups excluding carboxylic acids is 2.